The van der Waals surface area contributed by atoms with Gasteiger partial charge in [-0.1, -0.05) is 11.6 Å². The number of carboxylic acids is 2. The third-order valence-corrected chi connectivity index (χ3v) is 4.61. The summed E-state index contributed by atoms with van der Waals surface area (Å²) in [5.74, 6) is -2.79. The van der Waals surface area contributed by atoms with E-state index in [9.17, 15) is 19.8 Å². The Labute approximate surface area is 93.0 Å². The molecular formula is C12H14O4. The molecule has 5 atom stereocenters. The lowest BCUT2D eigenvalue weighted by Crippen LogP contribution is -2.38. The van der Waals surface area contributed by atoms with Crippen molar-refractivity contribution in [3.8, 4) is 0 Å². The summed E-state index contributed by atoms with van der Waals surface area (Å²) in [7, 11) is 0. The molecule has 2 saturated carbocycles. The van der Waals surface area contributed by atoms with Crippen LogP contribution in [-0.4, -0.2) is 22.2 Å². The number of rotatable bonds is 2. The van der Waals surface area contributed by atoms with Crippen LogP contribution in [0.15, 0.2) is 11.6 Å². The second-order valence-corrected chi connectivity index (χ2v) is 5.12. The highest BCUT2D eigenvalue weighted by atomic mass is 16.4. The van der Waals surface area contributed by atoms with Crippen LogP contribution in [0.25, 0.3) is 0 Å². The van der Waals surface area contributed by atoms with Gasteiger partial charge in [0, 0.05) is 0 Å². The summed E-state index contributed by atoms with van der Waals surface area (Å²) < 4.78 is 0. The first kappa shape index (κ1) is 9.87. The van der Waals surface area contributed by atoms with Crippen molar-refractivity contribution in [3.63, 3.8) is 0 Å². The van der Waals surface area contributed by atoms with E-state index in [2.05, 4.69) is 6.08 Å². The normalized spacial score (nSPS) is 44.2. The Hall–Kier alpha value is -1.32. The van der Waals surface area contributed by atoms with Gasteiger partial charge in [-0.2, -0.15) is 0 Å². The van der Waals surface area contributed by atoms with Gasteiger partial charge in [0.2, 0.25) is 0 Å². The molecule has 0 aliphatic heterocycles. The van der Waals surface area contributed by atoms with Crippen LogP contribution >= 0.6 is 0 Å². The van der Waals surface area contributed by atoms with Crippen molar-refractivity contribution in [2.45, 2.75) is 19.3 Å². The van der Waals surface area contributed by atoms with E-state index in [-0.39, 0.29) is 11.8 Å². The molecule has 2 bridgehead atoms. The number of carbonyl (C=O) groups is 2. The third-order valence-electron chi connectivity index (χ3n) is 4.61. The zero-order valence-corrected chi connectivity index (χ0v) is 8.80. The molecule has 0 amide bonds. The van der Waals surface area contributed by atoms with Gasteiger partial charge in [-0.25, -0.2) is 0 Å². The lowest BCUT2D eigenvalue weighted by Gasteiger charge is -2.30. The van der Waals surface area contributed by atoms with Crippen molar-refractivity contribution in [1.82, 2.24) is 0 Å². The highest BCUT2D eigenvalue weighted by molar-refractivity contribution is 5.82. The summed E-state index contributed by atoms with van der Waals surface area (Å²) >= 11 is 0. The third kappa shape index (κ3) is 1.05. The van der Waals surface area contributed by atoms with Crippen molar-refractivity contribution in [1.29, 1.82) is 0 Å². The van der Waals surface area contributed by atoms with Crippen LogP contribution in [0.3, 0.4) is 0 Å². The van der Waals surface area contributed by atoms with Crippen molar-refractivity contribution in [2.75, 3.05) is 0 Å². The van der Waals surface area contributed by atoms with Gasteiger partial charge in [0.05, 0.1) is 11.8 Å². The minimum Gasteiger partial charge on any atom is -0.481 e. The molecule has 0 aromatic heterocycles. The molecule has 86 valence electrons. The van der Waals surface area contributed by atoms with Gasteiger partial charge in [-0.3, -0.25) is 9.59 Å². The van der Waals surface area contributed by atoms with Crippen LogP contribution in [0.1, 0.15) is 19.3 Å². The Morgan fingerprint density at radius 1 is 1.12 bits per heavy atom. The highest BCUT2D eigenvalue weighted by Gasteiger charge is 2.60. The van der Waals surface area contributed by atoms with Crippen LogP contribution in [0.2, 0.25) is 0 Å². The number of carboxylic acid groups (broad SMARTS) is 2. The van der Waals surface area contributed by atoms with Gasteiger partial charge in [0.1, 0.15) is 0 Å². The maximum Gasteiger partial charge on any atom is 0.307 e. The van der Waals surface area contributed by atoms with Crippen molar-refractivity contribution in [3.05, 3.63) is 11.6 Å². The van der Waals surface area contributed by atoms with E-state index >= 15 is 0 Å². The molecule has 0 saturated heterocycles. The maximum atomic E-state index is 11.2. The summed E-state index contributed by atoms with van der Waals surface area (Å²) in [4.78, 5) is 22.4. The first-order valence-corrected chi connectivity index (χ1v) is 5.77. The molecule has 3 rings (SSSR count). The number of fused-ring (bicyclic) bond motifs is 5. The molecule has 0 aromatic carbocycles. The van der Waals surface area contributed by atoms with E-state index < -0.39 is 23.8 Å². The van der Waals surface area contributed by atoms with Crippen LogP contribution in [-0.2, 0) is 9.59 Å². The zero-order chi connectivity index (χ0) is 11.4. The second kappa shape index (κ2) is 3.09. The molecule has 2 fully saturated rings. The van der Waals surface area contributed by atoms with Gasteiger partial charge in [0.15, 0.2) is 0 Å². The lowest BCUT2D eigenvalue weighted by molar-refractivity contribution is -0.156. The Morgan fingerprint density at radius 3 is 2.44 bits per heavy atom. The van der Waals surface area contributed by atoms with Crippen molar-refractivity contribution >= 4 is 11.9 Å². The minimum atomic E-state index is -0.939. The molecule has 5 unspecified atom stereocenters. The smallest absolute Gasteiger partial charge is 0.307 e. The molecule has 3 aliphatic carbocycles. The highest BCUT2D eigenvalue weighted by Crippen LogP contribution is 2.61. The van der Waals surface area contributed by atoms with Gasteiger partial charge in [0.25, 0.3) is 0 Å². The maximum absolute atomic E-state index is 11.2. The largest absolute Gasteiger partial charge is 0.481 e. The number of allylic oxidation sites excluding steroid dienone is 2. The first-order chi connectivity index (χ1) is 7.61. The van der Waals surface area contributed by atoms with Gasteiger partial charge in [-0.15, -0.1) is 0 Å². The molecule has 3 aliphatic rings. The summed E-state index contributed by atoms with van der Waals surface area (Å²) in [6.07, 6.45) is 4.92. The predicted octanol–water partition coefficient (Wildman–Crippen LogP) is 1.37. The van der Waals surface area contributed by atoms with Crippen LogP contribution in [0.4, 0.5) is 0 Å². The first-order valence-electron chi connectivity index (χ1n) is 5.77. The van der Waals surface area contributed by atoms with Crippen molar-refractivity contribution in [2.24, 2.45) is 29.6 Å². The molecule has 0 radical (unpaired) electrons. The predicted molar refractivity (Wildman–Crippen MR) is 54.7 cm³/mol. The van der Waals surface area contributed by atoms with Crippen LogP contribution in [0.5, 0.6) is 0 Å². The Balaban J connectivity index is 2.00. The fourth-order valence-electron chi connectivity index (χ4n) is 4.16. The Morgan fingerprint density at radius 2 is 1.81 bits per heavy atom. The van der Waals surface area contributed by atoms with Gasteiger partial charge in [-0.05, 0) is 37.0 Å². The summed E-state index contributed by atoms with van der Waals surface area (Å²) in [5, 5.41) is 18.4. The van der Waals surface area contributed by atoms with Crippen LogP contribution in [0, 0.1) is 29.6 Å². The topological polar surface area (TPSA) is 74.6 Å². The minimum absolute atomic E-state index is 0.00361. The van der Waals surface area contributed by atoms with Crippen LogP contribution < -0.4 is 0 Å². The fourth-order valence-corrected chi connectivity index (χ4v) is 4.16. The summed E-state index contributed by atoms with van der Waals surface area (Å²) in [5.41, 5.74) is 1.25. The fraction of sp³-hybridized carbons (Fsp3) is 0.667. The number of aliphatic carboxylic acids is 2. The molecule has 4 nitrogen and oxygen atoms in total. The molecule has 0 heterocycles. The van der Waals surface area contributed by atoms with E-state index in [0.29, 0.717) is 5.92 Å². The van der Waals surface area contributed by atoms with Crippen molar-refractivity contribution < 1.29 is 19.8 Å². The molecule has 4 heteroatoms. The van der Waals surface area contributed by atoms with Gasteiger partial charge < -0.3 is 10.2 Å². The quantitative estimate of drug-likeness (QED) is 0.692. The molecular weight excluding hydrogens is 208 g/mol. The molecule has 0 spiro atoms. The molecule has 2 N–H and O–H groups in total. The lowest BCUT2D eigenvalue weighted by atomic mass is 9.72. The SMILES string of the molecule is O=C(O)C1C2CC(C3CCC=C32)C1C(=O)O. The van der Waals surface area contributed by atoms with Gasteiger partial charge >= 0.3 is 11.9 Å². The monoisotopic (exact) mass is 222 g/mol. The molecule has 16 heavy (non-hydrogen) atoms. The number of hydrogen-bond donors (Lipinski definition) is 2. The van der Waals surface area contributed by atoms with E-state index in [1.54, 1.807) is 0 Å². The Bertz CT molecular complexity index is 398. The zero-order valence-electron chi connectivity index (χ0n) is 8.80. The van der Waals surface area contributed by atoms with E-state index in [1.165, 1.54) is 5.57 Å². The Kier molecular flexibility index (Phi) is 1.91. The standard InChI is InChI=1S/C12H14O4/c13-11(14)9-7-4-8(10(9)12(15)16)6-3-1-2-5(6)7/h2,6-10H,1,3-4H2,(H,13,14)(H,15,16). The molecule has 0 aromatic rings. The summed E-state index contributed by atoms with van der Waals surface area (Å²) in [6, 6.07) is 0. The second-order valence-electron chi connectivity index (χ2n) is 5.12. The van der Waals surface area contributed by atoms with E-state index in [1.807, 2.05) is 0 Å². The van der Waals surface area contributed by atoms with E-state index in [0.717, 1.165) is 19.3 Å². The average Bonchev–Trinajstić information content (AvgIpc) is 2.87. The average molecular weight is 222 g/mol. The van der Waals surface area contributed by atoms with E-state index in [4.69, 9.17) is 0 Å². The summed E-state index contributed by atoms with van der Waals surface area (Å²) in [6.45, 7) is 0. The number of hydrogen-bond acceptors (Lipinski definition) is 2.